The van der Waals surface area contributed by atoms with Crippen molar-refractivity contribution in [3.63, 3.8) is 0 Å². The van der Waals surface area contributed by atoms with E-state index in [9.17, 15) is 9.59 Å². The average molecular weight is 544 g/mol. The summed E-state index contributed by atoms with van der Waals surface area (Å²) in [5.74, 6) is 0.818. The summed E-state index contributed by atoms with van der Waals surface area (Å²) in [4.78, 5) is 30.0. The molecule has 1 unspecified atom stereocenters. The topological polar surface area (TPSA) is 71.1 Å². The molecule has 0 spiro atoms. The Balaban J connectivity index is 0.00000400. The molecule has 2 heterocycles. The van der Waals surface area contributed by atoms with Crippen LogP contribution in [0.15, 0.2) is 48.5 Å². The van der Waals surface area contributed by atoms with Gasteiger partial charge in [0, 0.05) is 51.0 Å². The van der Waals surface area contributed by atoms with Crippen molar-refractivity contribution >= 4 is 30.0 Å². The zero-order chi connectivity index (χ0) is 26.4. The number of hydrogen-bond acceptors (Lipinski definition) is 6. The Labute approximate surface area is 233 Å². The lowest BCUT2D eigenvalue weighted by atomic mass is 9.97. The predicted molar refractivity (Wildman–Crippen MR) is 153 cm³/mol. The highest BCUT2D eigenvalue weighted by Gasteiger charge is 2.35. The molecule has 2 fully saturated rings. The number of rotatable bonds is 8. The first kappa shape index (κ1) is 29.8. The number of amides is 1. The fraction of sp³-hybridized carbons (Fsp3) is 0.533. The van der Waals surface area contributed by atoms with E-state index in [0.717, 1.165) is 43.7 Å². The number of ether oxygens (including phenoxy) is 2. The molecule has 0 aliphatic carbocycles. The molecule has 2 aromatic rings. The van der Waals surface area contributed by atoms with Crippen LogP contribution in [0.5, 0.6) is 5.75 Å². The standard InChI is InChI=1S/C30H41N3O4.ClH/c1-22(2)24-12-10-23(11-13-24)21-36-28(34)25-7-6-16-33(20-25)26-8-5-9-27(19-26)37-30(3,4)29(35)32-17-14-31-15-18-32;/h5,8-13,19,22,25,31H,6-7,14-18,20-21H2,1-4H3;1H. The van der Waals surface area contributed by atoms with Crippen LogP contribution < -0.4 is 15.0 Å². The molecule has 2 aliphatic heterocycles. The molecule has 0 radical (unpaired) electrons. The normalized spacial score (nSPS) is 18.1. The average Bonchev–Trinajstić information content (AvgIpc) is 2.92. The minimum Gasteiger partial charge on any atom is -0.478 e. The molecule has 7 nitrogen and oxygen atoms in total. The van der Waals surface area contributed by atoms with Crippen molar-refractivity contribution in [1.29, 1.82) is 0 Å². The number of benzene rings is 2. The number of nitrogens with one attached hydrogen (secondary N) is 1. The predicted octanol–water partition coefficient (Wildman–Crippen LogP) is 4.78. The van der Waals surface area contributed by atoms with E-state index in [-0.39, 0.29) is 30.2 Å². The van der Waals surface area contributed by atoms with Gasteiger partial charge in [0.05, 0.1) is 5.92 Å². The molecular weight excluding hydrogens is 502 g/mol. The van der Waals surface area contributed by atoms with E-state index >= 15 is 0 Å². The smallest absolute Gasteiger partial charge is 0.311 e. The van der Waals surface area contributed by atoms with Gasteiger partial charge in [-0.05, 0) is 55.9 Å². The number of nitrogens with zero attached hydrogens (tertiary/aromatic N) is 2. The number of carbonyl (C=O) groups excluding carboxylic acids is 2. The first-order valence-electron chi connectivity index (χ1n) is 13.5. The second-order valence-corrected chi connectivity index (χ2v) is 10.9. The summed E-state index contributed by atoms with van der Waals surface area (Å²) in [6.07, 6.45) is 1.74. The Morgan fingerprint density at radius 1 is 1.05 bits per heavy atom. The van der Waals surface area contributed by atoms with E-state index in [1.54, 1.807) is 0 Å². The van der Waals surface area contributed by atoms with Crippen molar-refractivity contribution in [2.45, 2.75) is 58.7 Å². The van der Waals surface area contributed by atoms with Crippen molar-refractivity contribution < 1.29 is 19.1 Å². The summed E-state index contributed by atoms with van der Waals surface area (Å²) in [5.41, 5.74) is 2.32. The molecule has 1 amide bonds. The Bertz CT molecular complexity index is 1070. The van der Waals surface area contributed by atoms with Crippen molar-refractivity contribution in [2.24, 2.45) is 5.92 Å². The van der Waals surface area contributed by atoms with Crippen molar-refractivity contribution in [1.82, 2.24) is 10.2 Å². The zero-order valence-electron chi connectivity index (χ0n) is 23.1. The number of carbonyl (C=O) groups is 2. The maximum absolute atomic E-state index is 13.1. The lowest BCUT2D eigenvalue weighted by molar-refractivity contribution is -0.150. The molecule has 2 aliphatic rings. The Morgan fingerprint density at radius 2 is 1.76 bits per heavy atom. The van der Waals surface area contributed by atoms with Gasteiger partial charge in [0.15, 0.2) is 5.60 Å². The van der Waals surface area contributed by atoms with Gasteiger partial charge >= 0.3 is 5.97 Å². The van der Waals surface area contributed by atoms with Crippen LogP contribution in [0.1, 0.15) is 57.6 Å². The molecule has 0 saturated carbocycles. The lowest BCUT2D eigenvalue weighted by Crippen LogP contribution is -2.54. The van der Waals surface area contributed by atoms with Gasteiger partial charge < -0.3 is 24.6 Å². The second kappa shape index (κ2) is 13.3. The van der Waals surface area contributed by atoms with Crippen LogP contribution in [0.2, 0.25) is 0 Å². The molecule has 8 heteroatoms. The molecule has 38 heavy (non-hydrogen) atoms. The first-order chi connectivity index (χ1) is 17.7. The summed E-state index contributed by atoms with van der Waals surface area (Å²) < 4.78 is 11.9. The molecule has 208 valence electrons. The van der Waals surface area contributed by atoms with Crippen molar-refractivity contribution in [3.8, 4) is 5.75 Å². The van der Waals surface area contributed by atoms with Crippen molar-refractivity contribution in [2.75, 3.05) is 44.2 Å². The number of piperazine rings is 1. The fourth-order valence-corrected chi connectivity index (χ4v) is 5.01. The summed E-state index contributed by atoms with van der Waals surface area (Å²) in [5, 5.41) is 3.27. The number of piperidine rings is 1. The highest BCUT2D eigenvalue weighted by Crippen LogP contribution is 2.29. The Morgan fingerprint density at radius 3 is 2.45 bits per heavy atom. The number of esters is 1. The van der Waals surface area contributed by atoms with Gasteiger partial charge in [0.1, 0.15) is 12.4 Å². The molecule has 4 rings (SSSR count). The van der Waals surface area contributed by atoms with Crippen LogP contribution in [0.4, 0.5) is 5.69 Å². The Hall–Kier alpha value is -2.77. The summed E-state index contributed by atoms with van der Waals surface area (Å²) >= 11 is 0. The van der Waals surface area contributed by atoms with E-state index in [4.69, 9.17) is 9.47 Å². The maximum atomic E-state index is 13.1. The van der Waals surface area contributed by atoms with Gasteiger partial charge in [-0.25, -0.2) is 0 Å². The van der Waals surface area contributed by atoms with Gasteiger partial charge in [-0.2, -0.15) is 0 Å². The molecule has 0 bridgehead atoms. The molecule has 1 N–H and O–H groups in total. The Kier molecular flexibility index (Phi) is 10.5. The van der Waals surface area contributed by atoms with Crippen molar-refractivity contribution in [3.05, 3.63) is 59.7 Å². The molecular formula is C30H42ClN3O4. The quantitative estimate of drug-likeness (QED) is 0.483. The van der Waals surface area contributed by atoms with Crippen LogP contribution >= 0.6 is 12.4 Å². The van der Waals surface area contributed by atoms with Gasteiger partial charge in [-0.1, -0.05) is 44.2 Å². The van der Waals surface area contributed by atoms with Crippen LogP contribution in [0, 0.1) is 5.92 Å². The molecule has 0 aromatic heterocycles. The lowest BCUT2D eigenvalue weighted by Gasteiger charge is -2.35. The molecule has 2 aromatic carbocycles. The number of halogens is 1. The van der Waals surface area contributed by atoms with Crippen LogP contribution in [-0.2, 0) is 20.9 Å². The largest absolute Gasteiger partial charge is 0.478 e. The third-order valence-corrected chi connectivity index (χ3v) is 7.26. The summed E-state index contributed by atoms with van der Waals surface area (Å²) in [6, 6.07) is 16.1. The molecule has 2 saturated heterocycles. The minimum atomic E-state index is -0.961. The van der Waals surface area contributed by atoms with Gasteiger partial charge in [-0.15, -0.1) is 12.4 Å². The summed E-state index contributed by atoms with van der Waals surface area (Å²) in [6.45, 7) is 12.8. The number of anilines is 1. The minimum absolute atomic E-state index is 0. The van der Waals surface area contributed by atoms with Crippen LogP contribution in [0.25, 0.3) is 0 Å². The van der Waals surface area contributed by atoms with E-state index in [2.05, 4.69) is 36.2 Å². The van der Waals surface area contributed by atoms with E-state index in [1.807, 2.05) is 55.1 Å². The van der Waals surface area contributed by atoms with E-state index in [1.165, 1.54) is 5.56 Å². The van der Waals surface area contributed by atoms with E-state index < -0.39 is 5.60 Å². The van der Waals surface area contributed by atoms with E-state index in [0.29, 0.717) is 37.9 Å². The SMILES string of the molecule is CC(C)c1ccc(COC(=O)C2CCCN(c3cccc(OC(C)(C)C(=O)N4CCNCC4)c3)C2)cc1.Cl. The molecule has 1 atom stereocenters. The van der Waals surface area contributed by atoms with Gasteiger partial charge in [0.2, 0.25) is 0 Å². The number of hydrogen-bond donors (Lipinski definition) is 1. The third kappa shape index (κ3) is 7.64. The maximum Gasteiger partial charge on any atom is 0.311 e. The highest BCUT2D eigenvalue weighted by atomic mass is 35.5. The monoisotopic (exact) mass is 543 g/mol. The second-order valence-electron chi connectivity index (χ2n) is 10.9. The van der Waals surface area contributed by atoms with Gasteiger partial charge in [0.25, 0.3) is 5.91 Å². The fourth-order valence-electron chi connectivity index (χ4n) is 5.01. The van der Waals surface area contributed by atoms with Crippen LogP contribution in [-0.4, -0.2) is 61.6 Å². The summed E-state index contributed by atoms with van der Waals surface area (Å²) in [7, 11) is 0. The highest BCUT2D eigenvalue weighted by molar-refractivity contribution is 5.85. The first-order valence-corrected chi connectivity index (χ1v) is 13.5. The zero-order valence-corrected chi connectivity index (χ0v) is 23.9. The third-order valence-electron chi connectivity index (χ3n) is 7.26. The van der Waals surface area contributed by atoms with Crippen LogP contribution in [0.3, 0.4) is 0 Å². The van der Waals surface area contributed by atoms with Gasteiger partial charge in [-0.3, -0.25) is 9.59 Å².